The summed E-state index contributed by atoms with van der Waals surface area (Å²) in [7, 11) is 0. The number of nitrogens with one attached hydrogen (secondary N) is 1. The Kier molecular flexibility index (Phi) is 12.5. The van der Waals surface area contributed by atoms with Gasteiger partial charge in [-0.1, -0.05) is 19.9 Å². The van der Waals surface area contributed by atoms with Gasteiger partial charge in [-0.15, -0.1) is 0 Å². The highest BCUT2D eigenvalue weighted by atomic mass is 32.2. The van der Waals surface area contributed by atoms with Crippen LogP contribution in [-0.4, -0.2) is 102 Å². The number of aliphatic imine (C=N–C) groups is 1. The number of rotatable bonds is 14. The number of amides is 1. The van der Waals surface area contributed by atoms with Crippen molar-refractivity contribution in [2.75, 3.05) is 65.6 Å². The fourth-order valence-electron chi connectivity index (χ4n) is 4.15. The van der Waals surface area contributed by atoms with Crippen LogP contribution in [0.2, 0.25) is 0 Å². The molecule has 2 aliphatic rings. The molecule has 1 N–H and O–H groups in total. The number of hydrogen-bond donors (Lipinski definition) is 1. The number of carbonyl (C=O) groups is 1. The summed E-state index contributed by atoms with van der Waals surface area (Å²) < 4.78 is 13.6. The third-order valence-electron chi connectivity index (χ3n) is 6.21. The summed E-state index contributed by atoms with van der Waals surface area (Å²) in [6.45, 7) is 18.5. The van der Waals surface area contributed by atoms with Crippen LogP contribution in [0.1, 0.15) is 53.0 Å². The van der Waals surface area contributed by atoms with Crippen LogP contribution in [0.25, 0.3) is 0 Å². The first-order valence-electron chi connectivity index (χ1n) is 13.8. The normalized spacial score (nSPS) is 19.1. The predicted molar refractivity (Wildman–Crippen MR) is 154 cm³/mol. The van der Waals surface area contributed by atoms with Crippen LogP contribution in [0.5, 0.6) is 5.88 Å². The van der Waals surface area contributed by atoms with E-state index in [0.29, 0.717) is 61.6 Å². The zero-order chi connectivity index (χ0) is 27.3. The molecule has 3 heterocycles. The van der Waals surface area contributed by atoms with Crippen LogP contribution in [-0.2, 0) is 9.53 Å². The minimum Gasteiger partial charge on any atom is -0.477 e. The van der Waals surface area contributed by atoms with Crippen molar-refractivity contribution < 1.29 is 14.3 Å². The Hall–Kier alpha value is -2.47. The number of aromatic nitrogens is 1. The number of carbonyl (C=O) groups excluding carboxylic acids is 1. The molecule has 210 valence electrons. The maximum absolute atomic E-state index is 13.3. The molecule has 0 aromatic carbocycles. The molecular weight excluding hydrogens is 502 g/mol. The van der Waals surface area contributed by atoms with E-state index in [-0.39, 0.29) is 5.91 Å². The van der Waals surface area contributed by atoms with Crippen LogP contribution in [0, 0.1) is 0 Å². The molecule has 11 heteroatoms. The largest absolute Gasteiger partial charge is 0.477 e. The lowest BCUT2D eigenvalue weighted by Crippen LogP contribution is -2.43. The van der Waals surface area contributed by atoms with Gasteiger partial charge < -0.3 is 19.7 Å². The summed E-state index contributed by atoms with van der Waals surface area (Å²) in [6.07, 6.45) is 5.33. The lowest BCUT2D eigenvalue weighted by atomic mass is 10.1. The van der Waals surface area contributed by atoms with Gasteiger partial charge >= 0.3 is 0 Å². The highest BCUT2D eigenvalue weighted by Crippen LogP contribution is 2.28. The van der Waals surface area contributed by atoms with Crippen molar-refractivity contribution in [3.63, 3.8) is 0 Å². The smallest absolute Gasteiger partial charge is 0.279 e. The Bertz CT molecular complexity index is 1010. The van der Waals surface area contributed by atoms with Gasteiger partial charge in [0.25, 0.3) is 5.91 Å². The molecule has 3 rings (SSSR count). The fraction of sp³-hybridized carbons (Fsp3) is 0.630. The maximum atomic E-state index is 13.3. The number of nitrogens with zero attached hydrogens (tertiary/aromatic N) is 6. The molecule has 0 unspecified atom stereocenters. The van der Waals surface area contributed by atoms with Crippen LogP contribution in [0.3, 0.4) is 0 Å². The number of hydrogen-bond acceptors (Lipinski definition) is 10. The van der Waals surface area contributed by atoms with Gasteiger partial charge in [-0.05, 0) is 58.2 Å². The first kappa shape index (κ1) is 30.1. The molecule has 0 spiro atoms. The second kappa shape index (κ2) is 15.8. The number of likely N-dealkylation sites (N-methyl/N-ethyl adjacent to an activating group) is 1. The lowest BCUT2D eigenvalue weighted by molar-refractivity contribution is -0.113. The first-order valence-corrected chi connectivity index (χ1v) is 14.6. The quantitative estimate of drug-likeness (QED) is 0.216. The zero-order valence-electron chi connectivity index (χ0n) is 23.5. The Balaban J connectivity index is 1.86. The van der Waals surface area contributed by atoms with E-state index in [9.17, 15) is 4.79 Å². The minimum absolute atomic E-state index is 0.283. The van der Waals surface area contributed by atoms with E-state index in [2.05, 4.69) is 31.5 Å². The predicted octanol–water partition coefficient (Wildman–Crippen LogP) is 3.40. The van der Waals surface area contributed by atoms with Gasteiger partial charge in [-0.2, -0.15) is 5.10 Å². The molecule has 0 saturated carbocycles. The zero-order valence-corrected chi connectivity index (χ0v) is 24.4. The summed E-state index contributed by atoms with van der Waals surface area (Å²) in [5.41, 5.74) is 1.55. The molecule has 2 aliphatic heterocycles. The minimum atomic E-state index is -0.283. The molecular formula is C27H43N7O3S. The van der Waals surface area contributed by atoms with E-state index in [1.165, 1.54) is 0 Å². The third kappa shape index (κ3) is 8.52. The average Bonchev–Trinajstić information content (AvgIpc) is 2.93. The van der Waals surface area contributed by atoms with Crippen LogP contribution < -0.4 is 10.1 Å². The summed E-state index contributed by atoms with van der Waals surface area (Å²) in [4.78, 5) is 26.2. The van der Waals surface area contributed by atoms with Crippen molar-refractivity contribution in [2.24, 2.45) is 10.1 Å². The van der Waals surface area contributed by atoms with Crippen molar-refractivity contribution in [2.45, 2.75) is 52.4 Å². The number of hydrazone groups is 1. The molecule has 1 aromatic heterocycles. The Morgan fingerprint density at radius 3 is 2.61 bits per heavy atom. The summed E-state index contributed by atoms with van der Waals surface area (Å²) in [5, 5.41) is 9.52. The van der Waals surface area contributed by atoms with E-state index in [0.717, 1.165) is 50.5 Å². The van der Waals surface area contributed by atoms with Crippen molar-refractivity contribution in [3.05, 3.63) is 29.6 Å². The molecule has 1 saturated heterocycles. The number of ether oxygens (including phenoxy) is 2. The van der Waals surface area contributed by atoms with Crippen LogP contribution in [0.4, 0.5) is 0 Å². The van der Waals surface area contributed by atoms with Crippen molar-refractivity contribution in [1.29, 1.82) is 0 Å². The van der Waals surface area contributed by atoms with E-state index < -0.39 is 0 Å². The SMILES string of the molecule is CC/C=C1\N=C(c2cc(SN3CCN(CC)CC3)cnc2OCC)NC(=O)\C1=N\N(CC)CCCOCC. The van der Waals surface area contributed by atoms with Gasteiger partial charge in [0.05, 0.1) is 17.9 Å². The van der Waals surface area contributed by atoms with Gasteiger partial charge in [0.15, 0.2) is 5.71 Å². The lowest BCUT2D eigenvalue weighted by Gasteiger charge is -2.33. The van der Waals surface area contributed by atoms with Gasteiger partial charge in [0, 0.05) is 63.6 Å². The fourth-order valence-corrected chi connectivity index (χ4v) is 5.06. The molecule has 0 aliphatic carbocycles. The highest BCUT2D eigenvalue weighted by molar-refractivity contribution is 7.97. The van der Waals surface area contributed by atoms with Gasteiger partial charge in [0.2, 0.25) is 5.88 Å². The topological polar surface area (TPSA) is 94.9 Å². The first-order chi connectivity index (χ1) is 18.5. The molecule has 10 nitrogen and oxygen atoms in total. The Labute approximate surface area is 231 Å². The number of allylic oxidation sites excluding steroid dienone is 1. The molecule has 0 atom stereocenters. The standard InChI is InChI=1S/C27H43N7O3S/c1-6-12-23-24(31-33(8-3)13-11-18-36-9-4)26(35)30-25(29-23)22-19-21(20-28-27(22)37-10-5)38-34-16-14-32(7-2)15-17-34/h12,19-20H,6-11,13-18H2,1-5H3,(H,29,30,35)/b23-12-,31-24+. The average molecular weight is 546 g/mol. The summed E-state index contributed by atoms with van der Waals surface area (Å²) >= 11 is 1.68. The van der Waals surface area contributed by atoms with E-state index in [4.69, 9.17) is 14.5 Å². The third-order valence-corrected chi connectivity index (χ3v) is 7.27. The molecule has 0 radical (unpaired) electrons. The number of pyridine rings is 1. The second-order valence-electron chi connectivity index (χ2n) is 8.87. The van der Waals surface area contributed by atoms with E-state index in [1.807, 2.05) is 51.0 Å². The molecule has 1 amide bonds. The Morgan fingerprint density at radius 1 is 1.16 bits per heavy atom. The molecule has 1 fully saturated rings. The Morgan fingerprint density at radius 2 is 1.95 bits per heavy atom. The summed E-state index contributed by atoms with van der Waals surface area (Å²) in [6, 6.07) is 2.01. The second-order valence-corrected chi connectivity index (χ2v) is 10.0. The number of piperazine rings is 1. The maximum Gasteiger partial charge on any atom is 0.279 e. The van der Waals surface area contributed by atoms with Gasteiger partial charge in [-0.3, -0.25) is 9.80 Å². The molecule has 1 aromatic rings. The van der Waals surface area contributed by atoms with E-state index in [1.54, 1.807) is 11.9 Å². The van der Waals surface area contributed by atoms with Crippen molar-refractivity contribution >= 4 is 29.4 Å². The number of amidine groups is 1. The molecule has 0 bridgehead atoms. The molecule has 38 heavy (non-hydrogen) atoms. The van der Waals surface area contributed by atoms with Crippen molar-refractivity contribution in [1.82, 2.24) is 24.5 Å². The van der Waals surface area contributed by atoms with Gasteiger partial charge in [-0.25, -0.2) is 14.3 Å². The van der Waals surface area contributed by atoms with Crippen LogP contribution >= 0.6 is 11.9 Å². The monoisotopic (exact) mass is 545 g/mol. The summed E-state index contributed by atoms with van der Waals surface area (Å²) in [5.74, 6) is 0.602. The van der Waals surface area contributed by atoms with E-state index >= 15 is 0 Å². The van der Waals surface area contributed by atoms with Crippen LogP contribution in [0.15, 0.2) is 39.0 Å². The highest BCUT2D eigenvalue weighted by Gasteiger charge is 2.28. The van der Waals surface area contributed by atoms with Gasteiger partial charge in [0.1, 0.15) is 5.84 Å². The van der Waals surface area contributed by atoms with Crippen molar-refractivity contribution in [3.8, 4) is 5.88 Å².